The highest BCUT2D eigenvalue weighted by molar-refractivity contribution is 7.25. The summed E-state index contributed by atoms with van der Waals surface area (Å²) in [5.74, 6) is 1.93. The van der Waals surface area contributed by atoms with Gasteiger partial charge in [-0.15, -0.1) is 11.3 Å². The van der Waals surface area contributed by atoms with E-state index in [1.807, 2.05) is 29.5 Å². The highest BCUT2D eigenvalue weighted by atomic mass is 32.1. The summed E-state index contributed by atoms with van der Waals surface area (Å²) in [6, 6.07) is 68.1. The predicted molar refractivity (Wildman–Crippen MR) is 251 cm³/mol. The summed E-state index contributed by atoms with van der Waals surface area (Å²) in [4.78, 5) is 15.9. The number of fused-ring (bicyclic) bond motifs is 5. The van der Waals surface area contributed by atoms with Crippen molar-refractivity contribution in [1.29, 1.82) is 0 Å². The molecule has 0 N–H and O–H groups in total. The van der Waals surface area contributed by atoms with E-state index in [1.165, 1.54) is 79.4 Å². The molecule has 0 fully saturated rings. The Hall–Kier alpha value is -7.53. The zero-order chi connectivity index (χ0) is 38.6. The van der Waals surface area contributed by atoms with Gasteiger partial charge in [0, 0.05) is 36.9 Å². The van der Waals surface area contributed by atoms with Gasteiger partial charge in [-0.1, -0.05) is 164 Å². The molecular weight excluding hydrogens is 735 g/mol. The summed E-state index contributed by atoms with van der Waals surface area (Å²) in [6.45, 7) is 0. The van der Waals surface area contributed by atoms with Gasteiger partial charge in [0.2, 0.25) is 0 Å². The smallest absolute Gasteiger partial charge is 0.164 e. The van der Waals surface area contributed by atoms with Crippen LogP contribution in [0.5, 0.6) is 0 Å². The minimum absolute atomic E-state index is 0.642. The van der Waals surface area contributed by atoms with Gasteiger partial charge in [0.05, 0.1) is 0 Å². The molecule has 2 heterocycles. The van der Waals surface area contributed by atoms with Crippen LogP contribution in [0.2, 0.25) is 0 Å². The van der Waals surface area contributed by atoms with Crippen LogP contribution in [-0.2, 0) is 0 Å². The van der Waals surface area contributed by atoms with Crippen LogP contribution in [0.4, 0.5) is 0 Å². The van der Waals surface area contributed by atoms with E-state index in [1.54, 1.807) is 0 Å². The van der Waals surface area contributed by atoms with Crippen molar-refractivity contribution in [2.24, 2.45) is 0 Å². The Balaban J connectivity index is 1.10. The zero-order valence-electron chi connectivity index (χ0n) is 31.6. The van der Waals surface area contributed by atoms with Crippen LogP contribution < -0.4 is 0 Å². The molecule has 0 saturated carbocycles. The first-order valence-electron chi connectivity index (χ1n) is 20.0. The molecule has 0 radical (unpaired) electrons. The lowest BCUT2D eigenvalue weighted by Gasteiger charge is -2.17. The summed E-state index contributed by atoms with van der Waals surface area (Å²) in [5.41, 5.74) is 5.08. The molecule has 0 spiro atoms. The molecule has 0 aliphatic carbocycles. The molecule has 0 amide bonds. The molecule has 0 atom stereocenters. The number of hydrogen-bond acceptors (Lipinski definition) is 4. The number of rotatable bonds is 4. The molecule has 0 aliphatic rings. The number of thiophene rings is 1. The highest BCUT2D eigenvalue weighted by Gasteiger charge is 2.20. The maximum absolute atomic E-state index is 5.39. The van der Waals surface area contributed by atoms with E-state index in [0.717, 1.165) is 33.2 Å². The van der Waals surface area contributed by atoms with Crippen molar-refractivity contribution in [3.8, 4) is 45.3 Å². The van der Waals surface area contributed by atoms with Crippen LogP contribution in [0, 0.1) is 0 Å². The van der Waals surface area contributed by atoms with Crippen LogP contribution in [0.3, 0.4) is 0 Å². The van der Waals surface area contributed by atoms with Crippen molar-refractivity contribution in [2.75, 3.05) is 0 Å². The number of aromatic nitrogens is 3. The van der Waals surface area contributed by atoms with Gasteiger partial charge in [0.25, 0.3) is 0 Å². The van der Waals surface area contributed by atoms with Crippen LogP contribution in [0.25, 0.3) is 130 Å². The molecule has 59 heavy (non-hydrogen) atoms. The number of benzene rings is 10. The van der Waals surface area contributed by atoms with Gasteiger partial charge in [-0.3, -0.25) is 0 Å². The first kappa shape index (κ1) is 32.5. The monoisotopic (exact) mass is 765 g/mol. The minimum atomic E-state index is 0.642. The van der Waals surface area contributed by atoms with Gasteiger partial charge in [0.1, 0.15) is 0 Å². The van der Waals surface area contributed by atoms with E-state index >= 15 is 0 Å². The normalized spacial score (nSPS) is 12.1. The average molecular weight is 766 g/mol. The van der Waals surface area contributed by atoms with Crippen molar-refractivity contribution >= 4 is 96.1 Å². The summed E-state index contributed by atoms with van der Waals surface area (Å²) < 4.78 is 2.56. The standard InChI is InChI=1S/C55H31N3S/c1-2-11-35(12-3-1)53-56-54(58-55(57-53)45-18-5-4-16-39(45)36-27-28-41-40-17-6-7-22-47(40)59-48(41)31-36)38-29-37-26-25-34-14-9-20-43-42-19-8-13-32-23-24-33-15-10-21-44(51(33)49(32)42)46(30-38)52(37)50(34)43/h1-31H. The molecular formula is C55H31N3S. The SMILES string of the molecule is c1ccc(-c2nc(-c3cc4ccc5cccc6c7cccc8ccc9cccc(c(c3)c4c56)c9c87)nc(-c3ccccc3-c3ccc4c(c3)sc3ccccc34)n2)cc1. The summed E-state index contributed by atoms with van der Waals surface area (Å²) >= 11 is 1.84. The summed E-state index contributed by atoms with van der Waals surface area (Å²) in [7, 11) is 0. The Bertz CT molecular complexity index is 3840. The largest absolute Gasteiger partial charge is 0.208 e. The summed E-state index contributed by atoms with van der Waals surface area (Å²) in [5, 5.41) is 17.4. The maximum atomic E-state index is 5.39. The van der Waals surface area contributed by atoms with Crippen molar-refractivity contribution in [1.82, 2.24) is 15.0 Å². The molecule has 0 unspecified atom stereocenters. The number of nitrogens with zero attached hydrogens (tertiary/aromatic N) is 3. The van der Waals surface area contributed by atoms with Gasteiger partial charge in [-0.05, 0) is 100 Å². The van der Waals surface area contributed by atoms with E-state index in [9.17, 15) is 0 Å². The third kappa shape index (κ3) is 4.91. The lowest BCUT2D eigenvalue weighted by atomic mass is 9.87. The molecule has 11 aromatic carbocycles. The Morgan fingerprint density at radius 3 is 1.51 bits per heavy atom. The second kappa shape index (κ2) is 12.5. The third-order valence-electron chi connectivity index (χ3n) is 12.2. The molecule has 13 rings (SSSR count). The van der Waals surface area contributed by atoms with E-state index in [0.29, 0.717) is 17.5 Å². The zero-order valence-corrected chi connectivity index (χ0v) is 32.5. The van der Waals surface area contributed by atoms with Crippen molar-refractivity contribution in [3.05, 3.63) is 188 Å². The van der Waals surface area contributed by atoms with Crippen LogP contribution in [0.15, 0.2) is 188 Å². The highest BCUT2D eigenvalue weighted by Crippen LogP contribution is 2.45. The Morgan fingerprint density at radius 2 is 0.797 bits per heavy atom. The molecule has 0 aliphatic heterocycles. The topological polar surface area (TPSA) is 38.7 Å². The fraction of sp³-hybridized carbons (Fsp3) is 0. The number of hydrogen-bond donors (Lipinski definition) is 0. The molecule has 3 nitrogen and oxygen atoms in total. The van der Waals surface area contributed by atoms with E-state index in [-0.39, 0.29) is 0 Å². The van der Waals surface area contributed by atoms with Gasteiger partial charge in [-0.2, -0.15) is 0 Å². The molecule has 272 valence electrons. The molecule has 0 bridgehead atoms. The Kier molecular flexibility index (Phi) is 6.89. The summed E-state index contributed by atoms with van der Waals surface area (Å²) in [6.07, 6.45) is 0. The lowest BCUT2D eigenvalue weighted by Crippen LogP contribution is -2.01. The molecule has 4 heteroatoms. The maximum Gasteiger partial charge on any atom is 0.164 e. The van der Waals surface area contributed by atoms with E-state index in [2.05, 4.69) is 170 Å². The fourth-order valence-corrected chi connectivity index (χ4v) is 10.7. The van der Waals surface area contributed by atoms with Crippen LogP contribution in [0.1, 0.15) is 0 Å². The third-order valence-corrected chi connectivity index (χ3v) is 13.3. The van der Waals surface area contributed by atoms with Gasteiger partial charge in [-0.25, -0.2) is 15.0 Å². The molecule has 0 saturated heterocycles. The minimum Gasteiger partial charge on any atom is -0.208 e. The van der Waals surface area contributed by atoms with Crippen LogP contribution in [-0.4, -0.2) is 15.0 Å². The molecule has 13 aromatic rings. The van der Waals surface area contributed by atoms with Gasteiger partial charge in [0.15, 0.2) is 17.5 Å². The lowest BCUT2D eigenvalue weighted by molar-refractivity contribution is 1.08. The molecule has 2 aromatic heterocycles. The Morgan fingerprint density at radius 1 is 0.271 bits per heavy atom. The fourth-order valence-electron chi connectivity index (χ4n) is 9.58. The second-order valence-corrected chi connectivity index (χ2v) is 16.6. The Labute approximate surface area is 342 Å². The average Bonchev–Trinajstić information content (AvgIpc) is 3.68. The van der Waals surface area contributed by atoms with Crippen molar-refractivity contribution in [2.45, 2.75) is 0 Å². The predicted octanol–water partition coefficient (Wildman–Crippen LogP) is 15.3. The van der Waals surface area contributed by atoms with E-state index < -0.39 is 0 Å². The van der Waals surface area contributed by atoms with Gasteiger partial charge >= 0.3 is 0 Å². The van der Waals surface area contributed by atoms with Crippen molar-refractivity contribution < 1.29 is 0 Å². The van der Waals surface area contributed by atoms with E-state index in [4.69, 9.17) is 15.0 Å². The first-order chi connectivity index (χ1) is 29.2. The quantitative estimate of drug-likeness (QED) is 0.168. The van der Waals surface area contributed by atoms with Crippen molar-refractivity contribution in [3.63, 3.8) is 0 Å². The van der Waals surface area contributed by atoms with Gasteiger partial charge < -0.3 is 0 Å². The second-order valence-electron chi connectivity index (χ2n) is 15.5. The first-order valence-corrected chi connectivity index (χ1v) is 20.8. The van der Waals surface area contributed by atoms with Crippen LogP contribution >= 0.6 is 11.3 Å².